The number of benzene rings is 1. The number of fused-ring (bicyclic) bond motifs is 3. The van der Waals surface area contributed by atoms with Crippen molar-refractivity contribution in [1.82, 2.24) is 9.55 Å². The fourth-order valence-corrected chi connectivity index (χ4v) is 4.54. The van der Waals surface area contributed by atoms with Gasteiger partial charge in [-0.25, -0.2) is 9.78 Å². The maximum atomic E-state index is 12.0. The smallest absolute Gasteiger partial charge is 0.356 e. The number of hydrogen-bond acceptors (Lipinski definition) is 3. The van der Waals surface area contributed by atoms with Gasteiger partial charge in [-0.2, -0.15) is 0 Å². The molecule has 3 unspecified atom stereocenters. The van der Waals surface area contributed by atoms with Crippen LogP contribution in [-0.2, 0) is 4.74 Å². The maximum absolute atomic E-state index is 12.0. The highest BCUT2D eigenvalue weighted by Gasteiger charge is 2.37. The van der Waals surface area contributed by atoms with Gasteiger partial charge in [-0.15, -0.1) is 0 Å². The molecule has 0 bridgehead atoms. The van der Waals surface area contributed by atoms with E-state index in [-0.39, 0.29) is 12.0 Å². The van der Waals surface area contributed by atoms with Crippen LogP contribution in [0.25, 0.3) is 0 Å². The molecule has 23 heavy (non-hydrogen) atoms. The average molecular weight is 310 g/mol. The Balaban J connectivity index is 1.80. The van der Waals surface area contributed by atoms with Crippen molar-refractivity contribution < 1.29 is 9.53 Å². The molecule has 0 aliphatic heterocycles. The van der Waals surface area contributed by atoms with Crippen molar-refractivity contribution in [1.29, 1.82) is 0 Å². The number of ether oxygens (including phenoxy) is 1. The van der Waals surface area contributed by atoms with E-state index in [4.69, 9.17) is 4.74 Å². The quantitative estimate of drug-likeness (QED) is 0.789. The Labute approximate surface area is 136 Å². The van der Waals surface area contributed by atoms with Crippen LogP contribution < -0.4 is 0 Å². The van der Waals surface area contributed by atoms with Crippen LogP contribution in [0.4, 0.5) is 0 Å². The van der Waals surface area contributed by atoms with E-state index in [1.807, 2.05) is 4.57 Å². The fourth-order valence-electron chi connectivity index (χ4n) is 4.54. The molecule has 3 atom stereocenters. The van der Waals surface area contributed by atoms with E-state index in [9.17, 15) is 4.79 Å². The summed E-state index contributed by atoms with van der Waals surface area (Å²) in [5.41, 5.74) is 3.36. The number of esters is 1. The second kappa shape index (κ2) is 5.84. The van der Waals surface area contributed by atoms with Gasteiger partial charge in [-0.05, 0) is 42.2 Å². The van der Waals surface area contributed by atoms with Crippen LogP contribution >= 0.6 is 0 Å². The number of carbonyl (C=O) groups is 1. The monoisotopic (exact) mass is 310 g/mol. The molecule has 4 rings (SSSR count). The number of methoxy groups -OCH3 is 1. The molecule has 0 radical (unpaired) electrons. The zero-order valence-electron chi connectivity index (χ0n) is 13.4. The van der Waals surface area contributed by atoms with Crippen molar-refractivity contribution in [3.8, 4) is 0 Å². The predicted octanol–water partition coefficient (Wildman–Crippen LogP) is 3.94. The molecule has 1 saturated carbocycles. The number of hydrogen-bond donors (Lipinski definition) is 0. The minimum absolute atomic E-state index is 0.183. The second-order valence-electron chi connectivity index (χ2n) is 6.71. The van der Waals surface area contributed by atoms with Gasteiger partial charge in [-0.3, -0.25) is 0 Å². The summed E-state index contributed by atoms with van der Waals surface area (Å²) < 4.78 is 6.93. The zero-order valence-corrected chi connectivity index (χ0v) is 13.4. The molecule has 0 N–H and O–H groups in total. The lowest BCUT2D eigenvalue weighted by Gasteiger charge is -2.41. The Morgan fingerprint density at radius 3 is 2.83 bits per heavy atom. The molecule has 4 heteroatoms. The van der Waals surface area contributed by atoms with Gasteiger partial charge in [0.05, 0.1) is 25.7 Å². The van der Waals surface area contributed by atoms with Crippen LogP contribution in [0.5, 0.6) is 0 Å². The van der Waals surface area contributed by atoms with E-state index in [0.717, 1.165) is 6.42 Å². The van der Waals surface area contributed by atoms with Crippen molar-refractivity contribution in [3.63, 3.8) is 0 Å². The van der Waals surface area contributed by atoms with E-state index in [0.29, 0.717) is 17.5 Å². The van der Waals surface area contributed by atoms with Crippen molar-refractivity contribution in [2.75, 3.05) is 7.11 Å². The standard InChI is InChI=1S/C19H22N2O2/c1-23-19(22)18-11-20-12-21(18)17-10-13-6-2-3-7-14(13)15-8-4-5-9-16(15)17/h4-5,8-9,11-14,17H,2-3,6-7,10H2,1H3. The van der Waals surface area contributed by atoms with Gasteiger partial charge < -0.3 is 9.30 Å². The Morgan fingerprint density at radius 2 is 2.00 bits per heavy atom. The average Bonchev–Trinajstić information content (AvgIpc) is 3.10. The molecule has 1 aromatic carbocycles. The lowest BCUT2D eigenvalue weighted by Crippen LogP contribution is -2.30. The molecule has 0 spiro atoms. The zero-order chi connectivity index (χ0) is 15.8. The van der Waals surface area contributed by atoms with Crippen LogP contribution in [0.2, 0.25) is 0 Å². The first-order valence-electron chi connectivity index (χ1n) is 8.48. The highest BCUT2D eigenvalue weighted by molar-refractivity contribution is 5.87. The number of nitrogens with zero attached hydrogens (tertiary/aromatic N) is 2. The van der Waals surface area contributed by atoms with Crippen LogP contribution in [0.1, 0.15) is 65.7 Å². The molecular formula is C19H22N2O2. The Kier molecular flexibility index (Phi) is 3.68. The van der Waals surface area contributed by atoms with Gasteiger partial charge in [0.15, 0.2) is 0 Å². The summed E-state index contributed by atoms with van der Waals surface area (Å²) in [6, 6.07) is 8.92. The molecule has 2 aliphatic carbocycles. The Bertz CT molecular complexity index is 722. The molecule has 1 fully saturated rings. The van der Waals surface area contributed by atoms with Crippen LogP contribution in [0.15, 0.2) is 36.8 Å². The number of rotatable bonds is 2. The number of imidazole rings is 1. The summed E-state index contributed by atoms with van der Waals surface area (Å²) in [5.74, 6) is 1.07. The highest BCUT2D eigenvalue weighted by Crippen LogP contribution is 2.49. The van der Waals surface area contributed by atoms with Crippen molar-refractivity contribution in [2.45, 2.75) is 44.1 Å². The first kappa shape index (κ1) is 14.5. The number of carbonyl (C=O) groups excluding carboxylic acids is 1. The van der Waals surface area contributed by atoms with Gasteiger partial charge in [0.1, 0.15) is 5.69 Å². The third-order valence-electron chi connectivity index (χ3n) is 5.59. The molecule has 4 nitrogen and oxygen atoms in total. The first-order valence-corrected chi connectivity index (χ1v) is 8.48. The van der Waals surface area contributed by atoms with Crippen molar-refractivity contribution in [3.05, 3.63) is 53.6 Å². The van der Waals surface area contributed by atoms with E-state index >= 15 is 0 Å². The molecule has 2 aromatic rings. The van der Waals surface area contributed by atoms with Crippen molar-refractivity contribution >= 4 is 5.97 Å². The third kappa shape index (κ3) is 2.37. The largest absolute Gasteiger partial charge is 0.464 e. The lowest BCUT2D eigenvalue weighted by atomic mass is 9.66. The molecule has 120 valence electrons. The van der Waals surface area contributed by atoms with Crippen LogP contribution in [0.3, 0.4) is 0 Å². The fraction of sp³-hybridized carbons (Fsp3) is 0.474. The van der Waals surface area contributed by atoms with Gasteiger partial charge in [0.25, 0.3) is 0 Å². The normalized spacial score (nSPS) is 26.2. The van der Waals surface area contributed by atoms with Gasteiger partial charge in [-0.1, -0.05) is 37.1 Å². The maximum Gasteiger partial charge on any atom is 0.356 e. The summed E-state index contributed by atoms with van der Waals surface area (Å²) in [7, 11) is 1.42. The molecular weight excluding hydrogens is 288 g/mol. The van der Waals surface area contributed by atoms with Gasteiger partial charge in [0.2, 0.25) is 0 Å². The molecule has 0 amide bonds. The second-order valence-corrected chi connectivity index (χ2v) is 6.71. The van der Waals surface area contributed by atoms with E-state index in [1.54, 1.807) is 12.5 Å². The Hall–Kier alpha value is -2.10. The topological polar surface area (TPSA) is 44.1 Å². The minimum Gasteiger partial charge on any atom is -0.464 e. The molecule has 1 heterocycles. The summed E-state index contributed by atoms with van der Waals surface area (Å²) in [5, 5.41) is 0. The minimum atomic E-state index is -0.314. The van der Waals surface area contributed by atoms with E-state index in [2.05, 4.69) is 29.2 Å². The predicted molar refractivity (Wildman–Crippen MR) is 87.5 cm³/mol. The lowest BCUT2D eigenvalue weighted by molar-refractivity contribution is 0.0585. The van der Waals surface area contributed by atoms with Crippen LogP contribution in [-0.4, -0.2) is 22.6 Å². The highest BCUT2D eigenvalue weighted by atomic mass is 16.5. The summed E-state index contributed by atoms with van der Waals surface area (Å²) in [4.78, 5) is 16.3. The third-order valence-corrected chi connectivity index (χ3v) is 5.59. The first-order chi connectivity index (χ1) is 11.3. The van der Waals surface area contributed by atoms with E-state index < -0.39 is 0 Å². The molecule has 2 aliphatic rings. The van der Waals surface area contributed by atoms with E-state index in [1.165, 1.54) is 43.9 Å². The Morgan fingerprint density at radius 1 is 1.22 bits per heavy atom. The van der Waals surface area contributed by atoms with Crippen molar-refractivity contribution in [2.24, 2.45) is 5.92 Å². The summed E-state index contributed by atoms with van der Waals surface area (Å²) >= 11 is 0. The van der Waals surface area contributed by atoms with Gasteiger partial charge >= 0.3 is 5.97 Å². The summed E-state index contributed by atoms with van der Waals surface area (Å²) in [6.07, 6.45) is 9.71. The summed E-state index contributed by atoms with van der Waals surface area (Å²) in [6.45, 7) is 0. The number of aromatic nitrogens is 2. The van der Waals surface area contributed by atoms with Gasteiger partial charge in [0, 0.05) is 0 Å². The SMILES string of the molecule is COC(=O)c1cncn1C1CC2CCCCC2c2ccccc21. The van der Waals surface area contributed by atoms with Crippen LogP contribution in [0, 0.1) is 5.92 Å². The molecule has 0 saturated heterocycles. The molecule has 1 aromatic heterocycles.